The molecule has 3 amide bonds. The molecule has 0 bridgehead atoms. The fourth-order valence-corrected chi connectivity index (χ4v) is 5.89. The highest BCUT2D eigenvalue weighted by atomic mass is 16.3. The molecule has 2 saturated heterocycles. The number of aliphatic hydroxyl groups is 1. The molecule has 0 spiro atoms. The zero-order valence-electron chi connectivity index (χ0n) is 20.1. The number of hydrogen-bond donors (Lipinski definition) is 2. The molecule has 3 aliphatic rings. The number of likely N-dealkylation sites (tertiary alicyclic amines) is 2. The second-order valence-corrected chi connectivity index (χ2v) is 10.1. The van der Waals surface area contributed by atoms with E-state index < -0.39 is 18.2 Å². The number of hydrogen-bond acceptors (Lipinski definition) is 5. The normalized spacial score (nSPS) is 24.0. The van der Waals surface area contributed by atoms with Crippen molar-refractivity contribution in [2.75, 3.05) is 13.1 Å². The lowest BCUT2D eigenvalue weighted by Gasteiger charge is -2.33. The Morgan fingerprint density at radius 2 is 1.63 bits per heavy atom. The first-order valence-corrected chi connectivity index (χ1v) is 13.0. The Kier molecular flexibility index (Phi) is 7.00. The first-order valence-electron chi connectivity index (χ1n) is 13.0. The maximum atomic E-state index is 13.6. The lowest BCUT2D eigenvalue weighted by atomic mass is 9.95. The third kappa shape index (κ3) is 4.89. The fraction of sp³-hybridized carbons (Fsp3) is 0.556. The van der Waals surface area contributed by atoms with Gasteiger partial charge in [0.05, 0.1) is 11.6 Å². The monoisotopic (exact) mass is 478 g/mol. The molecule has 1 aliphatic carbocycles. The van der Waals surface area contributed by atoms with E-state index in [0.29, 0.717) is 31.6 Å². The van der Waals surface area contributed by atoms with Gasteiger partial charge in [-0.05, 0) is 50.7 Å². The van der Waals surface area contributed by atoms with Crippen LogP contribution in [0.4, 0.5) is 0 Å². The molecule has 2 N–H and O–H groups in total. The van der Waals surface area contributed by atoms with Gasteiger partial charge in [-0.15, -0.1) is 0 Å². The number of benzene rings is 1. The molecule has 3 fully saturated rings. The Bertz CT molecular complexity index is 1100. The van der Waals surface area contributed by atoms with Crippen molar-refractivity contribution in [3.63, 3.8) is 0 Å². The molecule has 2 unspecified atom stereocenters. The standard InChI is InChI=1S/C27H34N4O4/c32-24(25(33)28-19-9-2-1-3-10-19)22-12-6-16-30(22)27(35)23-13-7-17-31(23)26(34)21-15-14-18-8-4-5-11-20(18)29-21/h4-5,8,11,14-15,19,22-24,32H,1-3,6-7,9-10,12-13,16-17H2,(H,28,33)/t22?,23-,24?/m1/s1. The maximum absolute atomic E-state index is 13.6. The molecular formula is C27H34N4O4. The molecule has 8 heteroatoms. The van der Waals surface area contributed by atoms with Crippen molar-refractivity contribution in [1.82, 2.24) is 20.1 Å². The summed E-state index contributed by atoms with van der Waals surface area (Å²) in [4.78, 5) is 47.5. The number of para-hydroxylation sites is 1. The Labute approximate surface area is 205 Å². The number of aliphatic hydroxyl groups excluding tert-OH is 1. The summed E-state index contributed by atoms with van der Waals surface area (Å²) >= 11 is 0. The Morgan fingerprint density at radius 3 is 2.46 bits per heavy atom. The number of pyridine rings is 1. The van der Waals surface area contributed by atoms with Gasteiger partial charge in [-0.2, -0.15) is 0 Å². The number of rotatable bonds is 5. The Hall–Kier alpha value is -3.00. The smallest absolute Gasteiger partial charge is 0.273 e. The summed E-state index contributed by atoms with van der Waals surface area (Å²) in [7, 11) is 0. The largest absolute Gasteiger partial charge is 0.381 e. The molecule has 8 nitrogen and oxygen atoms in total. The van der Waals surface area contributed by atoms with Gasteiger partial charge >= 0.3 is 0 Å². The van der Waals surface area contributed by atoms with E-state index >= 15 is 0 Å². The zero-order chi connectivity index (χ0) is 24.4. The van der Waals surface area contributed by atoms with Gasteiger partial charge in [0, 0.05) is 24.5 Å². The van der Waals surface area contributed by atoms with Crippen molar-refractivity contribution in [3.8, 4) is 0 Å². The molecule has 1 aromatic heterocycles. The summed E-state index contributed by atoms with van der Waals surface area (Å²) in [6.45, 7) is 0.983. The summed E-state index contributed by atoms with van der Waals surface area (Å²) in [6.07, 6.45) is 6.61. The third-order valence-electron chi connectivity index (χ3n) is 7.78. The van der Waals surface area contributed by atoms with Crippen molar-refractivity contribution in [3.05, 3.63) is 42.1 Å². The van der Waals surface area contributed by atoms with Crippen LogP contribution >= 0.6 is 0 Å². The molecule has 1 saturated carbocycles. The van der Waals surface area contributed by atoms with Gasteiger partial charge in [0.1, 0.15) is 11.7 Å². The maximum Gasteiger partial charge on any atom is 0.273 e. The molecule has 186 valence electrons. The molecule has 0 radical (unpaired) electrons. The highest BCUT2D eigenvalue weighted by Gasteiger charge is 2.44. The molecule has 1 aromatic carbocycles. The second-order valence-electron chi connectivity index (χ2n) is 10.1. The topological polar surface area (TPSA) is 103 Å². The van der Waals surface area contributed by atoms with Gasteiger partial charge in [-0.25, -0.2) is 4.98 Å². The molecule has 35 heavy (non-hydrogen) atoms. The van der Waals surface area contributed by atoms with E-state index in [0.717, 1.165) is 49.4 Å². The molecule has 2 aliphatic heterocycles. The summed E-state index contributed by atoms with van der Waals surface area (Å²) in [6, 6.07) is 10.2. The van der Waals surface area contributed by atoms with Gasteiger partial charge in [0.15, 0.2) is 6.10 Å². The first kappa shape index (κ1) is 23.7. The van der Waals surface area contributed by atoms with Gasteiger partial charge in [-0.3, -0.25) is 14.4 Å². The highest BCUT2D eigenvalue weighted by Crippen LogP contribution is 2.28. The van der Waals surface area contributed by atoms with E-state index in [1.807, 2.05) is 30.3 Å². The van der Waals surface area contributed by atoms with E-state index in [1.165, 1.54) is 6.42 Å². The van der Waals surface area contributed by atoms with E-state index in [4.69, 9.17) is 0 Å². The van der Waals surface area contributed by atoms with E-state index in [1.54, 1.807) is 15.9 Å². The van der Waals surface area contributed by atoms with E-state index in [-0.39, 0.29) is 23.8 Å². The molecular weight excluding hydrogens is 444 g/mol. The van der Waals surface area contributed by atoms with Gasteiger partial charge in [0.25, 0.3) is 11.8 Å². The van der Waals surface area contributed by atoms with E-state index in [2.05, 4.69) is 10.3 Å². The van der Waals surface area contributed by atoms with Crippen LogP contribution in [0.25, 0.3) is 10.9 Å². The predicted molar refractivity (Wildman–Crippen MR) is 132 cm³/mol. The number of nitrogens with one attached hydrogen (secondary N) is 1. The third-order valence-corrected chi connectivity index (χ3v) is 7.78. The van der Waals surface area contributed by atoms with Crippen molar-refractivity contribution in [2.24, 2.45) is 0 Å². The van der Waals surface area contributed by atoms with Gasteiger partial charge in [0.2, 0.25) is 5.91 Å². The van der Waals surface area contributed by atoms with Crippen LogP contribution in [0.2, 0.25) is 0 Å². The average molecular weight is 479 g/mol. The van der Waals surface area contributed by atoms with Crippen LogP contribution in [0.15, 0.2) is 36.4 Å². The van der Waals surface area contributed by atoms with Crippen LogP contribution in [0.5, 0.6) is 0 Å². The van der Waals surface area contributed by atoms with Gasteiger partial charge in [-0.1, -0.05) is 43.5 Å². The van der Waals surface area contributed by atoms with Gasteiger partial charge < -0.3 is 20.2 Å². The fourth-order valence-electron chi connectivity index (χ4n) is 5.89. The summed E-state index contributed by atoms with van der Waals surface area (Å²) in [5.74, 6) is -0.817. The van der Waals surface area contributed by atoms with Crippen LogP contribution < -0.4 is 5.32 Å². The number of aromatic nitrogens is 1. The van der Waals surface area contributed by atoms with Crippen LogP contribution in [0.3, 0.4) is 0 Å². The Balaban J connectivity index is 1.27. The van der Waals surface area contributed by atoms with Crippen LogP contribution in [-0.4, -0.2) is 74.9 Å². The number of carbonyl (C=O) groups excluding carboxylic acids is 3. The number of fused-ring (bicyclic) bond motifs is 1. The number of nitrogens with zero attached hydrogens (tertiary/aromatic N) is 3. The molecule has 3 heterocycles. The minimum Gasteiger partial charge on any atom is -0.381 e. The SMILES string of the molecule is O=C(NC1CCCCC1)C(O)C1CCCN1C(=O)[C@H]1CCCN1C(=O)c1ccc2ccccc2n1. The minimum atomic E-state index is -1.25. The molecule has 2 aromatic rings. The van der Waals surface area contributed by atoms with Crippen LogP contribution in [0, 0.1) is 0 Å². The van der Waals surface area contributed by atoms with Crippen molar-refractivity contribution >= 4 is 28.6 Å². The van der Waals surface area contributed by atoms with Crippen LogP contribution in [0.1, 0.15) is 68.3 Å². The lowest BCUT2D eigenvalue weighted by Crippen LogP contribution is -2.55. The van der Waals surface area contributed by atoms with Crippen molar-refractivity contribution < 1.29 is 19.5 Å². The first-order chi connectivity index (χ1) is 17.0. The Morgan fingerprint density at radius 1 is 0.886 bits per heavy atom. The summed E-state index contributed by atoms with van der Waals surface area (Å²) in [5, 5.41) is 14.8. The number of amides is 3. The van der Waals surface area contributed by atoms with Crippen LogP contribution in [-0.2, 0) is 9.59 Å². The highest BCUT2D eigenvalue weighted by molar-refractivity contribution is 5.98. The predicted octanol–water partition coefficient (Wildman–Crippen LogP) is 2.64. The lowest BCUT2D eigenvalue weighted by molar-refractivity contribution is -0.142. The zero-order valence-corrected chi connectivity index (χ0v) is 20.1. The average Bonchev–Trinajstić information content (AvgIpc) is 3.58. The summed E-state index contributed by atoms with van der Waals surface area (Å²) < 4.78 is 0. The summed E-state index contributed by atoms with van der Waals surface area (Å²) in [5.41, 5.74) is 1.07. The van der Waals surface area contributed by atoms with Crippen molar-refractivity contribution in [2.45, 2.75) is 82.0 Å². The molecule has 3 atom stereocenters. The molecule has 5 rings (SSSR count). The minimum absolute atomic E-state index is 0.105. The van der Waals surface area contributed by atoms with E-state index in [9.17, 15) is 19.5 Å². The van der Waals surface area contributed by atoms with Crippen molar-refractivity contribution in [1.29, 1.82) is 0 Å². The quantitative estimate of drug-likeness (QED) is 0.688. The number of carbonyl (C=O) groups is 3. The second kappa shape index (κ2) is 10.3.